The lowest BCUT2D eigenvalue weighted by Gasteiger charge is -2.27. The topological polar surface area (TPSA) is 63.3 Å². The van der Waals surface area contributed by atoms with Crippen LogP contribution in [0.15, 0.2) is 30.5 Å². The summed E-state index contributed by atoms with van der Waals surface area (Å²) in [5, 5.41) is 0. The van der Waals surface area contributed by atoms with Crippen molar-refractivity contribution in [2.75, 3.05) is 34.4 Å². The molecule has 0 amide bonds. The minimum Gasteiger partial charge on any atom is -0.493 e. The number of benzene rings is 1. The second-order valence-corrected chi connectivity index (χ2v) is 6.86. The van der Waals surface area contributed by atoms with Crippen LogP contribution in [0.5, 0.6) is 11.5 Å². The van der Waals surface area contributed by atoms with Crippen molar-refractivity contribution < 1.29 is 9.47 Å². The Balaban J connectivity index is 1.65. The van der Waals surface area contributed by atoms with Crippen LogP contribution in [0.3, 0.4) is 0 Å². The number of piperidine rings is 1. The van der Waals surface area contributed by atoms with Crippen molar-refractivity contribution in [3.05, 3.63) is 36.3 Å². The maximum atomic E-state index is 5.41. The van der Waals surface area contributed by atoms with E-state index in [9.17, 15) is 0 Å². The summed E-state index contributed by atoms with van der Waals surface area (Å²) in [5.41, 5.74) is 3.93. The van der Waals surface area contributed by atoms with Crippen molar-refractivity contribution in [2.24, 2.45) is 0 Å². The van der Waals surface area contributed by atoms with E-state index < -0.39 is 0 Å². The van der Waals surface area contributed by atoms with Gasteiger partial charge in [0.2, 0.25) is 0 Å². The third kappa shape index (κ3) is 3.12. The lowest BCUT2D eigenvalue weighted by atomic mass is 9.96. The van der Waals surface area contributed by atoms with Gasteiger partial charge in [0.1, 0.15) is 5.82 Å². The van der Waals surface area contributed by atoms with Crippen molar-refractivity contribution in [1.29, 1.82) is 0 Å². The number of likely N-dealkylation sites (tertiary alicyclic amines) is 1. The number of nitrogens with zero attached hydrogens (tertiary/aromatic N) is 3. The van der Waals surface area contributed by atoms with Crippen molar-refractivity contribution >= 4 is 11.0 Å². The molecule has 136 valence electrons. The van der Waals surface area contributed by atoms with Crippen LogP contribution in [0, 0.1) is 0 Å². The first-order valence-electron chi connectivity index (χ1n) is 8.94. The Hall–Kier alpha value is -2.60. The molecule has 1 saturated heterocycles. The third-order valence-electron chi connectivity index (χ3n) is 5.17. The van der Waals surface area contributed by atoms with E-state index in [-0.39, 0.29) is 0 Å². The van der Waals surface area contributed by atoms with Crippen molar-refractivity contribution in [3.63, 3.8) is 0 Å². The standard InChI is InChI=1S/C20H24N4O2/c1-24-8-6-13(7-9-24)20-21-12-17-16(23-20)11-15(22-17)14-4-5-18(25-2)19(10-14)26-3/h4-5,10-13,22H,6-9H2,1-3H3. The normalized spacial score (nSPS) is 16.1. The van der Waals surface area contributed by atoms with Gasteiger partial charge in [-0.3, -0.25) is 0 Å². The highest BCUT2D eigenvalue weighted by Gasteiger charge is 2.21. The fourth-order valence-electron chi connectivity index (χ4n) is 3.56. The Labute approximate surface area is 153 Å². The molecule has 1 N–H and O–H groups in total. The quantitative estimate of drug-likeness (QED) is 0.779. The molecule has 2 aromatic heterocycles. The molecule has 0 unspecified atom stereocenters. The van der Waals surface area contributed by atoms with Crippen molar-refractivity contribution in [1.82, 2.24) is 19.9 Å². The first-order chi connectivity index (χ1) is 12.7. The highest BCUT2D eigenvalue weighted by Crippen LogP contribution is 2.33. The molecule has 6 nitrogen and oxygen atoms in total. The second kappa shape index (κ2) is 6.96. The maximum absolute atomic E-state index is 5.41. The van der Waals surface area contributed by atoms with Crippen molar-refractivity contribution in [3.8, 4) is 22.8 Å². The van der Waals surface area contributed by atoms with E-state index >= 15 is 0 Å². The average molecular weight is 352 g/mol. The molecular weight excluding hydrogens is 328 g/mol. The summed E-state index contributed by atoms with van der Waals surface area (Å²) in [7, 11) is 5.45. The zero-order valence-electron chi connectivity index (χ0n) is 15.5. The zero-order chi connectivity index (χ0) is 18.1. The van der Waals surface area contributed by atoms with E-state index in [0.29, 0.717) is 11.7 Å². The molecule has 0 radical (unpaired) electrons. The van der Waals surface area contributed by atoms with Crippen LogP contribution in [0.25, 0.3) is 22.3 Å². The van der Waals surface area contributed by atoms with E-state index in [4.69, 9.17) is 14.5 Å². The van der Waals surface area contributed by atoms with Crippen molar-refractivity contribution in [2.45, 2.75) is 18.8 Å². The summed E-state index contributed by atoms with van der Waals surface area (Å²) in [6.45, 7) is 2.21. The number of aromatic amines is 1. The molecule has 0 bridgehead atoms. The minimum absolute atomic E-state index is 0.454. The second-order valence-electron chi connectivity index (χ2n) is 6.86. The van der Waals surface area contributed by atoms with Crippen LogP contribution in [-0.2, 0) is 0 Å². The number of fused-ring (bicyclic) bond motifs is 1. The number of hydrogen-bond acceptors (Lipinski definition) is 5. The summed E-state index contributed by atoms with van der Waals surface area (Å²) in [5.74, 6) is 2.84. The van der Waals surface area contributed by atoms with Crippen LogP contribution in [0.4, 0.5) is 0 Å². The Morgan fingerprint density at radius 2 is 1.85 bits per heavy atom. The number of H-pyrrole nitrogens is 1. The molecule has 1 aliphatic heterocycles. The molecule has 0 aliphatic carbocycles. The molecule has 6 heteroatoms. The Kier molecular flexibility index (Phi) is 4.51. The molecule has 0 saturated carbocycles. The molecule has 1 aromatic carbocycles. The summed E-state index contributed by atoms with van der Waals surface area (Å²) in [4.78, 5) is 15.2. The minimum atomic E-state index is 0.454. The summed E-state index contributed by atoms with van der Waals surface area (Å²) in [6.07, 6.45) is 4.14. The van der Waals surface area contributed by atoms with Crippen LogP contribution in [0.2, 0.25) is 0 Å². The van der Waals surface area contributed by atoms with Gasteiger partial charge in [-0.05, 0) is 57.2 Å². The summed E-state index contributed by atoms with van der Waals surface area (Å²) in [6, 6.07) is 7.97. The highest BCUT2D eigenvalue weighted by molar-refractivity contribution is 5.82. The Bertz CT molecular complexity index is 913. The fraction of sp³-hybridized carbons (Fsp3) is 0.400. The summed E-state index contributed by atoms with van der Waals surface area (Å²) >= 11 is 0. The lowest BCUT2D eigenvalue weighted by molar-refractivity contribution is 0.251. The lowest BCUT2D eigenvalue weighted by Crippen LogP contribution is -2.29. The molecule has 1 fully saturated rings. The predicted molar refractivity (Wildman–Crippen MR) is 102 cm³/mol. The highest BCUT2D eigenvalue weighted by atomic mass is 16.5. The SMILES string of the molecule is COc1ccc(-c2cc3nc(C4CCN(C)CC4)ncc3[nH]2)cc1OC. The molecule has 3 aromatic rings. The van der Waals surface area contributed by atoms with Gasteiger partial charge in [-0.2, -0.15) is 0 Å². The van der Waals surface area contributed by atoms with E-state index in [0.717, 1.165) is 59.8 Å². The maximum Gasteiger partial charge on any atom is 0.161 e. The van der Waals surface area contributed by atoms with Crippen LogP contribution >= 0.6 is 0 Å². The molecule has 1 aliphatic rings. The monoisotopic (exact) mass is 352 g/mol. The summed E-state index contributed by atoms with van der Waals surface area (Å²) < 4.78 is 10.7. The van der Waals surface area contributed by atoms with Gasteiger partial charge in [-0.25, -0.2) is 9.97 Å². The van der Waals surface area contributed by atoms with E-state index in [1.807, 2.05) is 24.4 Å². The van der Waals surface area contributed by atoms with Crippen LogP contribution < -0.4 is 9.47 Å². The number of rotatable bonds is 4. The Morgan fingerprint density at radius 1 is 1.08 bits per heavy atom. The van der Waals surface area contributed by atoms with Gasteiger partial charge < -0.3 is 19.4 Å². The average Bonchev–Trinajstić information content (AvgIpc) is 3.11. The number of nitrogens with one attached hydrogen (secondary N) is 1. The zero-order valence-corrected chi connectivity index (χ0v) is 15.5. The molecule has 0 atom stereocenters. The van der Waals surface area contributed by atoms with Crippen LogP contribution in [0.1, 0.15) is 24.6 Å². The Morgan fingerprint density at radius 3 is 2.58 bits per heavy atom. The van der Waals surface area contributed by atoms with Gasteiger partial charge in [-0.15, -0.1) is 0 Å². The predicted octanol–water partition coefficient (Wildman–Crippen LogP) is 3.45. The molecule has 3 heterocycles. The first kappa shape index (κ1) is 16.8. The van der Waals surface area contributed by atoms with E-state index in [1.54, 1.807) is 14.2 Å². The molecule has 0 spiro atoms. The van der Waals surface area contributed by atoms with Gasteiger partial charge in [-0.1, -0.05) is 0 Å². The van der Waals surface area contributed by atoms with Crippen LogP contribution in [-0.4, -0.2) is 54.2 Å². The van der Waals surface area contributed by atoms with Gasteiger partial charge in [0.05, 0.1) is 31.4 Å². The van der Waals surface area contributed by atoms with Gasteiger partial charge >= 0.3 is 0 Å². The molecule has 26 heavy (non-hydrogen) atoms. The van der Waals surface area contributed by atoms with E-state index in [1.165, 1.54) is 0 Å². The number of methoxy groups -OCH3 is 2. The number of ether oxygens (including phenoxy) is 2. The number of aromatic nitrogens is 3. The third-order valence-corrected chi connectivity index (χ3v) is 5.17. The van der Waals surface area contributed by atoms with Gasteiger partial charge in [0.15, 0.2) is 11.5 Å². The first-order valence-corrected chi connectivity index (χ1v) is 8.94. The molecular formula is C20H24N4O2. The van der Waals surface area contributed by atoms with E-state index in [2.05, 4.69) is 28.0 Å². The van der Waals surface area contributed by atoms with Gasteiger partial charge in [0, 0.05) is 17.2 Å². The van der Waals surface area contributed by atoms with Gasteiger partial charge in [0.25, 0.3) is 0 Å². The number of hydrogen-bond donors (Lipinski definition) is 1. The largest absolute Gasteiger partial charge is 0.493 e. The fourth-order valence-corrected chi connectivity index (χ4v) is 3.56. The molecule has 4 rings (SSSR count). The smallest absolute Gasteiger partial charge is 0.161 e.